The number of carbonyl (C=O) groups excluding carboxylic acids is 2. The zero-order valence-electron chi connectivity index (χ0n) is 15.4. The number of hydrogen-bond donors (Lipinski definition) is 1. The molecule has 8 nitrogen and oxygen atoms in total. The summed E-state index contributed by atoms with van der Waals surface area (Å²) in [5, 5.41) is 8.03. The first-order chi connectivity index (χ1) is 13.4. The van der Waals surface area contributed by atoms with Gasteiger partial charge in [0.15, 0.2) is 5.82 Å². The van der Waals surface area contributed by atoms with Crippen LogP contribution in [0.1, 0.15) is 29.5 Å². The highest BCUT2D eigenvalue weighted by Gasteiger charge is 2.26. The molecule has 0 aliphatic heterocycles. The van der Waals surface area contributed by atoms with Gasteiger partial charge in [0.25, 0.3) is 5.91 Å². The van der Waals surface area contributed by atoms with Gasteiger partial charge in [-0.25, -0.2) is 0 Å². The predicted octanol–water partition coefficient (Wildman–Crippen LogP) is 2.83. The summed E-state index contributed by atoms with van der Waals surface area (Å²) >= 11 is 1.08. The number of thiazole rings is 1. The minimum atomic E-state index is -1.15. The molecule has 0 saturated carbocycles. The number of amides is 1. The summed E-state index contributed by atoms with van der Waals surface area (Å²) in [5.74, 6) is -0.352. The first kappa shape index (κ1) is 19.6. The summed E-state index contributed by atoms with van der Waals surface area (Å²) in [6, 6.07) is 10.2. The van der Waals surface area contributed by atoms with Crippen LogP contribution in [0, 0.1) is 13.8 Å². The first-order valence-corrected chi connectivity index (χ1v) is 9.45. The number of nitrogens with zero attached hydrogens (tertiary/aromatic N) is 2. The van der Waals surface area contributed by atoms with E-state index < -0.39 is 18.0 Å². The van der Waals surface area contributed by atoms with Crippen molar-refractivity contribution in [2.24, 2.45) is 0 Å². The van der Waals surface area contributed by atoms with Crippen molar-refractivity contribution >= 4 is 29.0 Å². The molecule has 0 saturated heterocycles. The monoisotopic (exact) mass is 401 g/mol. The van der Waals surface area contributed by atoms with Gasteiger partial charge in [-0.3, -0.25) is 14.4 Å². The standard InChI is InChI=1S/C19H19N3O5S/c1-12-11-28-19(25)22(12)9-8-16(23)26-17(14-6-4-3-5-7-14)18(24)20-15-10-13(2)27-21-15/h3-7,10-11,17H,8-9H2,1-2H3,(H,20,21,24). The Kier molecular flexibility index (Phi) is 6.05. The molecular weight excluding hydrogens is 382 g/mol. The zero-order valence-corrected chi connectivity index (χ0v) is 16.2. The van der Waals surface area contributed by atoms with Crippen LogP contribution in [0.4, 0.5) is 5.82 Å². The van der Waals surface area contributed by atoms with Gasteiger partial charge in [-0.2, -0.15) is 0 Å². The Morgan fingerprint density at radius 1 is 1.29 bits per heavy atom. The number of aromatic nitrogens is 2. The molecule has 2 aromatic heterocycles. The van der Waals surface area contributed by atoms with Crippen LogP contribution in [0.5, 0.6) is 0 Å². The molecule has 0 bridgehead atoms. The number of rotatable bonds is 7. The lowest BCUT2D eigenvalue weighted by Gasteiger charge is -2.17. The molecule has 3 rings (SSSR count). The predicted molar refractivity (Wildman–Crippen MR) is 103 cm³/mol. The minimum absolute atomic E-state index is 0.0306. The van der Waals surface area contributed by atoms with E-state index in [0.717, 1.165) is 17.0 Å². The first-order valence-electron chi connectivity index (χ1n) is 8.57. The third kappa shape index (κ3) is 4.74. The number of hydrogen-bond acceptors (Lipinski definition) is 7. The maximum absolute atomic E-state index is 12.7. The maximum atomic E-state index is 12.7. The molecule has 1 N–H and O–H groups in total. The zero-order chi connectivity index (χ0) is 20.1. The number of esters is 1. The summed E-state index contributed by atoms with van der Waals surface area (Å²) in [5.41, 5.74) is 1.30. The maximum Gasteiger partial charge on any atom is 0.308 e. The molecule has 3 aromatic rings. The molecule has 0 radical (unpaired) electrons. The summed E-state index contributed by atoms with van der Waals surface area (Å²) < 4.78 is 11.9. The normalized spacial score (nSPS) is 11.8. The number of aryl methyl sites for hydroxylation is 2. The molecule has 2 heterocycles. The van der Waals surface area contributed by atoms with E-state index in [4.69, 9.17) is 9.26 Å². The molecule has 0 spiro atoms. The molecular formula is C19H19N3O5S. The topological polar surface area (TPSA) is 103 Å². The van der Waals surface area contributed by atoms with Gasteiger partial charge < -0.3 is 19.1 Å². The van der Waals surface area contributed by atoms with E-state index in [1.54, 1.807) is 55.6 Å². The van der Waals surface area contributed by atoms with Gasteiger partial charge in [-0.1, -0.05) is 46.8 Å². The number of nitrogens with one attached hydrogen (secondary N) is 1. The summed E-state index contributed by atoms with van der Waals surface area (Å²) in [7, 11) is 0. The van der Waals surface area contributed by atoms with Crippen LogP contribution in [0.2, 0.25) is 0 Å². The average molecular weight is 401 g/mol. The Morgan fingerprint density at radius 2 is 2.04 bits per heavy atom. The van der Waals surface area contributed by atoms with E-state index in [-0.39, 0.29) is 23.7 Å². The average Bonchev–Trinajstić information content (AvgIpc) is 3.23. The smallest absolute Gasteiger partial charge is 0.308 e. The van der Waals surface area contributed by atoms with Crippen molar-refractivity contribution in [2.75, 3.05) is 5.32 Å². The Morgan fingerprint density at radius 3 is 2.64 bits per heavy atom. The van der Waals surface area contributed by atoms with E-state index in [1.807, 2.05) is 0 Å². The SMILES string of the molecule is Cc1cc(NC(=O)C(OC(=O)CCn2c(C)csc2=O)c2ccccc2)no1. The quantitative estimate of drug-likeness (QED) is 0.611. The highest BCUT2D eigenvalue weighted by molar-refractivity contribution is 7.07. The fourth-order valence-corrected chi connectivity index (χ4v) is 3.35. The molecule has 0 fully saturated rings. The van der Waals surface area contributed by atoms with Crippen molar-refractivity contribution in [2.45, 2.75) is 32.9 Å². The van der Waals surface area contributed by atoms with Gasteiger partial charge in [0.05, 0.1) is 6.42 Å². The van der Waals surface area contributed by atoms with Gasteiger partial charge in [-0.15, -0.1) is 0 Å². The molecule has 1 atom stereocenters. The Labute approximate surface area is 164 Å². The fraction of sp³-hybridized carbons (Fsp3) is 0.263. The van der Waals surface area contributed by atoms with Gasteiger partial charge in [-0.05, 0) is 13.8 Å². The molecule has 1 unspecified atom stereocenters. The summed E-state index contributed by atoms with van der Waals surface area (Å²) in [4.78, 5) is 36.7. The fourth-order valence-electron chi connectivity index (χ4n) is 2.59. The van der Waals surface area contributed by atoms with E-state index in [0.29, 0.717) is 11.3 Å². The van der Waals surface area contributed by atoms with E-state index >= 15 is 0 Å². The van der Waals surface area contributed by atoms with Gasteiger partial charge in [0, 0.05) is 29.2 Å². The van der Waals surface area contributed by atoms with Gasteiger partial charge in [0.1, 0.15) is 5.76 Å². The van der Waals surface area contributed by atoms with Crippen LogP contribution in [0.25, 0.3) is 0 Å². The molecule has 9 heteroatoms. The van der Waals surface area contributed by atoms with Crippen LogP contribution in [-0.2, 0) is 20.9 Å². The minimum Gasteiger partial charge on any atom is -0.447 e. The molecule has 28 heavy (non-hydrogen) atoms. The lowest BCUT2D eigenvalue weighted by atomic mass is 10.1. The van der Waals surface area contributed by atoms with Crippen molar-refractivity contribution < 1.29 is 18.8 Å². The largest absolute Gasteiger partial charge is 0.447 e. The Bertz CT molecular complexity index is 1020. The number of ether oxygens (including phenoxy) is 1. The van der Waals surface area contributed by atoms with E-state index in [1.165, 1.54) is 4.57 Å². The summed E-state index contributed by atoms with van der Waals surface area (Å²) in [6.07, 6.45) is -1.18. The van der Waals surface area contributed by atoms with E-state index in [2.05, 4.69) is 10.5 Å². The van der Waals surface area contributed by atoms with Crippen molar-refractivity contribution in [1.82, 2.24) is 9.72 Å². The van der Waals surface area contributed by atoms with E-state index in [9.17, 15) is 14.4 Å². The van der Waals surface area contributed by atoms with Crippen LogP contribution in [0.3, 0.4) is 0 Å². The van der Waals surface area contributed by atoms with Crippen molar-refractivity contribution in [3.63, 3.8) is 0 Å². The molecule has 1 amide bonds. The van der Waals surface area contributed by atoms with Crippen LogP contribution < -0.4 is 10.2 Å². The summed E-state index contributed by atoms with van der Waals surface area (Å²) in [6.45, 7) is 3.69. The van der Waals surface area contributed by atoms with Crippen molar-refractivity contribution in [1.29, 1.82) is 0 Å². The molecule has 1 aromatic carbocycles. The number of benzene rings is 1. The Hall–Kier alpha value is -3.20. The lowest BCUT2D eigenvalue weighted by molar-refractivity contribution is -0.155. The second-order valence-electron chi connectivity index (χ2n) is 6.14. The van der Waals surface area contributed by atoms with Crippen LogP contribution >= 0.6 is 11.3 Å². The third-order valence-electron chi connectivity index (χ3n) is 3.98. The molecule has 0 aliphatic carbocycles. The van der Waals surface area contributed by atoms with Crippen molar-refractivity contribution in [3.8, 4) is 0 Å². The van der Waals surface area contributed by atoms with Gasteiger partial charge >= 0.3 is 10.8 Å². The van der Waals surface area contributed by atoms with Crippen molar-refractivity contribution in [3.05, 3.63) is 68.5 Å². The second kappa shape index (κ2) is 8.66. The Balaban J connectivity index is 1.71. The molecule has 0 aliphatic rings. The third-order valence-corrected chi connectivity index (χ3v) is 4.87. The highest BCUT2D eigenvalue weighted by atomic mass is 32.1. The number of anilines is 1. The molecule has 146 valence electrons. The lowest BCUT2D eigenvalue weighted by Crippen LogP contribution is -2.27. The van der Waals surface area contributed by atoms with Crippen LogP contribution in [-0.4, -0.2) is 21.6 Å². The second-order valence-corrected chi connectivity index (χ2v) is 6.96. The van der Waals surface area contributed by atoms with Crippen LogP contribution in [0.15, 0.2) is 51.1 Å². The highest BCUT2D eigenvalue weighted by Crippen LogP contribution is 2.21. The van der Waals surface area contributed by atoms with Gasteiger partial charge in [0.2, 0.25) is 6.10 Å². The number of carbonyl (C=O) groups is 2.